The highest BCUT2D eigenvalue weighted by Crippen LogP contribution is 2.01. The first-order valence-corrected chi connectivity index (χ1v) is 4.99. The lowest BCUT2D eigenvalue weighted by molar-refractivity contribution is 0.0694. The van der Waals surface area contributed by atoms with Crippen LogP contribution in [0.15, 0.2) is 28.7 Å². The van der Waals surface area contributed by atoms with Gasteiger partial charge in [0.25, 0.3) is 0 Å². The van der Waals surface area contributed by atoms with Crippen LogP contribution in [0.2, 0.25) is 0 Å². The Morgan fingerprint density at radius 1 is 1.50 bits per heavy atom. The number of allylic oxidation sites excluding steroid dienone is 2. The third-order valence-electron chi connectivity index (χ3n) is 2.27. The van der Waals surface area contributed by atoms with Gasteiger partial charge in [-0.3, -0.25) is 4.79 Å². The summed E-state index contributed by atoms with van der Waals surface area (Å²) in [4.78, 5) is 22.2. The van der Waals surface area contributed by atoms with Crippen molar-refractivity contribution >= 4 is 5.97 Å². The standard InChI is InChI=1S/C12H15NO3/c1-8(2)4-5-13-7-10(12(15)16)11(14)6-9(13)3/h4,6-7H,5H2,1-3H3,(H,15,16). The SMILES string of the molecule is CC(C)=CCn1cc(C(=O)O)c(=O)cc1C. The highest BCUT2D eigenvalue weighted by atomic mass is 16.4. The molecule has 0 spiro atoms. The molecule has 1 aromatic heterocycles. The summed E-state index contributed by atoms with van der Waals surface area (Å²) >= 11 is 0. The lowest BCUT2D eigenvalue weighted by Crippen LogP contribution is -2.18. The van der Waals surface area contributed by atoms with Gasteiger partial charge in [-0.15, -0.1) is 0 Å². The zero-order valence-corrected chi connectivity index (χ0v) is 9.65. The van der Waals surface area contributed by atoms with Crippen molar-refractivity contribution in [3.63, 3.8) is 0 Å². The Balaban J connectivity index is 3.20. The number of rotatable bonds is 3. The molecule has 0 saturated heterocycles. The molecule has 0 radical (unpaired) electrons. The van der Waals surface area contributed by atoms with Gasteiger partial charge in [-0.05, 0) is 20.8 Å². The molecule has 4 nitrogen and oxygen atoms in total. The van der Waals surface area contributed by atoms with Gasteiger partial charge < -0.3 is 9.67 Å². The first-order valence-electron chi connectivity index (χ1n) is 4.99. The Morgan fingerprint density at radius 3 is 2.62 bits per heavy atom. The number of carbonyl (C=O) groups is 1. The molecule has 0 fully saturated rings. The molecule has 0 aliphatic heterocycles. The van der Waals surface area contributed by atoms with Crippen molar-refractivity contribution in [3.8, 4) is 0 Å². The molecule has 0 unspecified atom stereocenters. The lowest BCUT2D eigenvalue weighted by atomic mass is 10.2. The highest BCUT2D eigenvalue weighted by molar-refractivity contribution is 5.87. The number of hydrogen-bond donors (Lipinski definition) is 1. The van der Waals surface area contributed by atoms with E-state index >= 15 is 0 Å². The monoisotopic (exact) mass is 221 g/mol. The second-order valence-electron chi connectivity index (χ2n) is 3.93. The molecule has 0 atom stereocenters. The first kappa shape index (κ1) is 12.2. The van der Waals surface area contributed by atoms with E-state index in [0.717, 1.165) is 11.3 Å². The highest BCUT2D eigenvalue weighted by Gasteiger charge is 2.09. The minimum atomic E-state index is -1.18. The smallest absolute Gasteiger partial charge is 0.341 e. The minimum Gasteiger partial charge on any atom is -0.477 e. The molecule has 0 bridgehead atoms. The minimum absolute atomic E-state index is 0.187. The van der Waals surface area contributed by atoms with E-state index in [9.17, 15) is 9.59 Å². The van der Waals surface area contributed by atoms with Crippen molar-refractivity contribution in [2.75, 3.05) is 0 Å². The summed E-state index contributed by atoms with van der Waals surface area (Å²) in [5.41, 5.74) is 1.27. The summed E-state index contributed by atoms with van der Waals surface area (Å²) in [5.74, 6) is -1.18. The fraction of sp³-hybridized carbons (Fsp3) is 0.333. The molecular formula is C12H15NO3. The van der Waals surface area contributed by atoms with Gasteiger partial charge in [0.2, 0.25) is 0 Å². The largest absolute Gasteiger partial charge is 0.477 e. The van der Waals surface area contributed by atoms with Crippen LogP contribution in [0.3, 0.4) is 0 Å². The predicted molar refractivity (Wildman–Crippen MR) is 61.8 cm³/mol. The van der Waals surface area contributed by atoms with Crippen LogP contribution < -0.4 is 5.43 Å². The van der Waals surface area contributed by atoms with Crippen LogP contribution in [0.1, 0.15) is 29.9 Å². The van der Waals surface area contributed by atoms with E-state index in [4.69, 9.17) is 5.11 Å². The van der Waals surface area contributed by atoms with Gasteiger partial charge in [-0.25, -0.2) is 4.79 Å². The van der Waals surface area contributed by atoms with Crippen molar-refractivity contribution in [2.45, 2.75) is 27.3 Å². The van der Waals surface area contributed by atoms with Crippen molar-refractivity contribution < 1.29 is 9.90 Å². The fourth-order valence-electron chi connectivity index (χ4n) is 1.31. The third-order valence-corrected chi connectivity index (χ3v) is 2.27. The molecule has 1 N–H and O–H groups in total. The van der Waals surface area contributed by atoms with Crippen LogP contribution in [0, 0.1) is 6.92 Å². The Morgan fingerprint density at radius 2 is 2.12 bits per heavy atom. The van der Waals surface area contributed by atoms with Gasteiger partial charge in [0.1, 0.15) is 5.56 Å². The van der Waals surface area contributed by atoms with E-state index in [1.54, 1.807) is 11.5 Å². The van der Waals surface area contributed by atoms with E-state index in [-0.39, 0.29) is 5.56 Å². The summed E-state index contributed by atoms with van der Waals surface area (Å²) in [6.07, 6.45) is 3.36. The quantitative estimate of drug-likeness (QED) is 0.792. The van der Waals surface area contributed by atoms with Gasteiger partial charge in [0.05, 0.1) is 0 Å². The summed E-state index contributed by atoms with van der Waals surface area (Å²) in [7, 11) is 0. The van der Waals surface area contributed by atoms with Gasteiger partial charge in [0, 0.05) is 24.5 Å². The van der Waals surface area contributed by atoms with E-state index < -0.39 is 11.4 Å². The maximum absolute atomic E-state index is 11.4. The zero-order valence-electron chi connectivity index (χ0n) is 9.65. The van der Waals surface area contributed by atoms with Crippen LogP contribution in [0.25, 0.3) is 0 Å². The summed E-state index contributed by atoms with van der Waals surface area (Å²) < 4.78 is 1.75. The van der Waals surface area contributed by atoms with Crippen LogP contribution in [0.4, 0.5) is 0 Å². The van der Waals surface area contributed by atoms with E-state index in [2.05, 4.69) is 0 Å². The van der Waals surface area contributed by atoms with Gasteiger partial charge in [-0.2, -0.15) is 0 Å². The molecule has 0 saturated carbocycles. The third kappa shape index (κ3) is 2.82. The van der Waals surface area contributed by atoms with Crippen molar-refractivity contribution in [3.05, 3.63) is 45.4 Å². The Kier molecular flexibility index (Phi) is 3.66. The van der Waals surface area contributed by atoms with Gasteiger partial charge in [0.15, 0.2) is 5.43 Å². The Hall–Kier alpha value is -1.84. The number of carboxylic acids is 1. The first-order chi connectivity index (χ1) is 7.41. The lowest BCUT2D eigenvalue weighted by Gasteiger charge is -2.09. The normalized spacial score (nSPS) is 9.94. The second-order valence-corrected chi connectivity index (χ2v) is 3.93. The number of aromatic carboxylic acids is 1. The second kappa shape index (κ2) is 4.79. The van der Waals surface area contributed by atoms with Crippen LogP contribution in [-0.2, 0) is 6.54 Å². The van der Waals surface area contributed by atoms with Crippen molar-refractivity contribution in [1.29, 1.82) is 0 Å². The summed E-state index contributed by atoms with van der Waals surface area (Å²) in [6.45, 7) is 6.30. The van der Waals surface area contributed by atoms with Crippen LogP contribution in [0.5, 0.6) is 0 Å². The molecule has 0 amide bonds. The predicted octanol–water partition coefficient (Wildman–Crippen LogP) is 1.82. The van der Waals surface area contributed by atoms with Gasteiger partial charge >= 0.3 is 5.97 Å². The maximum Gasteiger partial charge on any atom is 0.341 e. The Labute approximate surface area is 93.8 Å². The molecule has 0 aromatic carbocycles. The van der Waals surface area contributed by atoms with Crippen LogP contribution >= 0.6 is 0 Å². The average Bonchev–Trinajstić information content (AvgIpc) is 2.15. The van der Waals surface area contributed by atoms with E-state index in [1.165, 1.54) is 12.3 Å². The van der Waals surface area contributed by atoms with Crippen molar-refractivity contribution in [1.82, 2.24) is 4.57 Å². The molecule has 1 aromatic rings. The average molecular weight is 221 g/mol. The molecule has 4 heteroatoms. The molecule has 1 heterocycles. The molecule has 0 aliphatic rings. The summed E-state index contributed by atoms with van der Waals surface area (Å²) in [6, 6.07) is 1.35. The number of aromatic nitrogens is 1. The van der Waals surface area contributed by atoms with Crippen molar-refractivity contribution in [2.24, 2.45) is 0 Å². The maximum atomic E-state index is 11.4. The molecule has 16 heavy (non-hydrogen) atoms. The number of nitrogens with zero attached hydrogens (tertiary/aromatic N) is 1. The number of pyridine rings is 1. The molecular weight excluding hydrogens is 206 g/mol. The summed E-state index contributed by atoms with van der Waals surface area (Å²) in [5, 5.41) is 8.83. The van der Waals surface area contributed by atoms with E-state index in [0.29, 0.717) is 6.54 Å². The Bertz CT molecular complexity index is 493. The number of aryl methyl sites for hydroxylation is 1. The fourth-order valence-corrected chi connectivity index (χ4v) is 1.31. The van der Waals surface area contributed by atoms with Gasteiger partial charge in [-0.1, -0.05) is 11.6 Å². The molecule has 1 rings (SSSR count). The number of hydrogen-bond acceptors (Lipinski definition) is 2. The molecule has 86 valence electrons. The zero-order chi connectivity index (χ0) is 12.3. The molecule has 0 aliphatic carbocycles. The topological polar surface area (TPSA) is 59.3 Å². The van der Waals surface area contributed by atoms with E-state index in [1.807, 2.05) is 19.9 Å². The number of carboxylic acid groups (broad SMARTS) is 1. The van der Waals surface area contributed by atoms with Crippen LogP contribution in [-0.4, -0.2) is 15.6 Å².